The Balaban J connectivity index is 2.23. The van der Waals surface area contributed by atoms with Crippen LogP contribution < -0.4 is 5.32 Å². The van der Waals surface area contributed by atoms with Gasteiger partial charge in [-0.2, -0.15) is 5.10 Å². The van der Waals surface area contributed by atoms with E-state index in [0.717, 1.165) is 5.69 Å². The predicted octanol–water partition coefficient (Wildman–Crippen LogP) is 3.39. The minimum atomic E-state index is -0.902. The van der Waals surface area contributed by atoms with Gasteiger partial charge in [0.25, 0.3) is 5.91 Å². The average molecular weight is 329 g/mol. The second kappa shape index (κ2) is 6.47. The molecule has 2 N–H and O–H groups in total. The molecular formula is C18H23N3O3. The van der Waals surface area contributed by atoms with Crippen LogP contribution in [0.2, 0.25) is 0 Å². The number of benzene rings is 1. The lowest BCUT2D eigenvalue weighted by atomic mass is 10.0. The van der Waals surface area contributed by atoms with Crippen molar-refractivity contribution in [1.82, 2.24) is 9.78 Å². The fraction of sp³-hybridized carbons (Fsp3) is 0.389. The van der Waals surface area contributed by atoms with Crippen LogP contribution in [0.15, 0.2) is 30.5 Å². The van der Waals surface area contributed by atoms with Crippen LogP contribution in [0.4, 0.5) is 5.69 Å². The number of carbonyl (C=O) groups is 2. The smallest absolute Gasteiger partial charge is 0.310 e. The summed E-state index contributed by atoms with van der Waals surface area (Å²) in [7, 11) is 0. The summed E-state index contributed by atoms with van der Waals surface area (Å²) in [6, 6.07) is 6.88. The van der Waals surface area contributed by atoms with Crippen LogP contribution in [0.25, 0.3) is 0 Å². The van der Waals surface area contributed by atoms with Crippen LogP contribution in [-0.4, -0.2) is 26.8 Å². The Morgan fingerprint density at radius 1 is 1.29 bits per heavy atom. The Labute approximate surface area is 141 Å². The zero-order valence-electron chi connectivity index (χ0n) is 14.6. The molecule has 0 spiro atoms. The van der Waals surface area contributed by atoms with Crippen LogP contribution in [0.3, 0.4) is 0 Å². The molecule has 0 aliphatic rings. The van der Waals surface area contributed by atoms with Crippen molar-refractivity contribution >= 4 is 17.6 Å². The number of carboxylic acid groups (broad SMARTS) is 1. The van der Waals surface area contributed by atoms with E-state index in [1.165, 1.54) is 0 Å². The number of carboxylic acids is 1. The first-order chi connectivity index (χ1) is 11.1. The van der Waals surface area contributed by atoms with Crippen LogP contribution in [0, 0.1) is 6.92 Å². The van der Waals surface area contributed by atoms with Gasteiger partial charge < -0.3 is 10.4 Å². The van der Waals surface area contributed by atoms with Crippen LogP contribution >= 0.6 is 0 Å². The van der Waals surface area contributed by atoms with E-state index in [2.05, 4.69) is 10.4 Å². The third-order valence-corrected chi connectivity index (χ3v) is 3.90. The molecule has 0 saturated heterocycles. The Morgan fingerprint density at radius 2 is 1.96 bits per heavy atom. The standard InChI is InChI=1S/C18H23N3O3/c1-11(17(23)24)13-7-6-8-14(9-13)20-16(22)15-10-19-21(12(15)2)18(3,4)5/h6-11H,1-5H3,(H,20,22)(H,23,24). The van der Waals surface area contributed by atoms with Gasteiger partial charge in [-0.3, -0.25) is 14.3 Å². The first-order valence-electron chi connectivity index (χ1n) is 7.80. The Morgan fingerprint density at radius 3 is 2.50 bits per heavy atom. The molecule has 1 amide bonds. The Hall–Kier alpha value is -2.63. The van der Waals surface area contributed by atoms with Gasteiger partial charge >= 0.3 is 5.97 Å². The van der Waals surface area contributed by atoms with Crippen molar-refractivity contribution in [2.45, 2.75) is 46.1 Å². The number of anilines is 1. The highest BCUT2D eigenvalue weighted by atomic mass is 16.4. The molecule has 1 unspecified atom stereocenters. The number of rotatable bonds is 4. The minimum Gasteiger partial charge on any atom is -0.481 e. The fourth-order valence-corrected chi connectivity index (χ4v) is 2.54. The highest BCUT2D eigenvalue weighted by Gasteiger charge is 2.22. The van der Waals surface area contributed by atoms with Gasteiger partial charge in [-0.1, -0.05) is 12.1 Å². The van der Waals surface area contributed by atoms with E-state index in [9.17, 15) is 9.59 Å². The van der Waals surface area contributed by atoms with E-state index >= 15 is 0 Å². The van der Waals surface area contributed by atoms with Gasteiger partial charge in [0.2, 0.25) is 0 Å². The molecule has 0 aliphatic heterocycles. The molecule has 0 aliphatic carbocycles. The van der Waals surface area contributed by atoms with Crippen molar-refractivity contribution in [3.63, 3.8) is 0 Å². The predicted molar refractivity (Wildman–Crippen MR) is 92.4 cm³/mol. The summed E-state index contributed by atoms with van der Waals surface area (Å²) in [4.78, 5) is 23.6. The number of aliphatic carboxylic acids is 1. The van der Waals surface area contributed by atoms with E-state index in [4.69, 9.17) is 5.11 Å². The van der Waals surface area contributed by atoms with Gasteiger partial charge in [0.15, 0.2) is 0 Å². The summed E-state index contributed by atoms with van der Waals surface area (Å²) < 4.78 is 1.81. The van der Waals surface area contributed by atoms with Crippen molar-refractivity contribution in [3.8, 4) is 0 Å². The maximum atomic E-state index is 12.5. The Kier molecular flexibility index (Phi) is 4.78. The molecule has 128 valence electrons. The summed E-state index contributed by atoms with van der Waals surface area (Å²) in [6.07, 6.45) is 1.56. The fourth-order valence-electron chi connectivity index (χ4n) is 2.54. The molecular weight excluding hydrogens is 306 g/mol. The van der Waals surface area contributed by atoms with E-state index in [1.807, 2.05) is 32.4 Å². The summed E-state index contributed by atoms with van der Waals surface area (Å²) in [5.74, 6) is -1.80. The summed E-state index contributed by atoms with van der Waals surface area (Å²) in [6.45, 7) is 9.53. The first kappa shape index (κ1) is 17.7. The van der Waals surface area contributed by atoms with E-state index < -0.39 is 11.9 Å². The van der Waals surface area contributed by atoms with Gasteiger partial charge in [-0.15, -0.1) is 0 Å². The van der Waals surface area contributed by atoms with Crippen LogP contribution in [0.5, 0.6) is 0 Å². The lowest BCUT2D eigenvalue weighted by Gasteiger charge is -2.21. The molecule has 1 atom stereocenters. The quantitative estimate of drug-likeness (QED) is 0.900. The number of hydrogen-bond donors (Lipinski definition) is 2. The molecule has 1 heterocycles. The highest BCUT2D eigenvalue weighted by Crippen LogP contribution is 2.22. The normalized spacial score (nSPS) is 12.7. The highest BCUT2D eigenvalue weighted by molar-refractivity contribution is 6.05. The monoisotopic (exact) mass is 329 g/mol. The van der Waals surface area contributed by atoms with Gasteiger partial charge in [-0.25, -0.2) is 0 Å². The van der Waals surface area contributed by atoms with E-state index in [0.29, 0.717) is 16.8 Å². The van der Waals surface area contributed by atoms with E-state index in [1.54, 1.807) is 37.4 Å². The molecule has 1 aromatic heterocycles. The number of amides is 1. The molecule has 1 aromatic carbocycles. The number of nitrogens with one attached hydrogen (secondary N) is 1. The molecule has 0 radical (unpaired) electrons. The molecule has 0 fully saturated rings. The number of nitrogens with zero attached hydrogens (tertiary/aromatic N) is 2. The maximum Gasteiger partial charge on any atom is 0.310 e. The third kappa shape index (κ3) is 3.64. The largest absolute Gasteiger partial charge is 0.481 e. The average Bonchev–Trinajstić information content (AvgIpc) is 2.88. The van der Waals surface area contributed by atoms with Crippen LogP contribution in [-0.2, 0) is 10.3 Å². The molecule has 24 heavy (non-hydrogen) atoms. The first-order valence-corrected chi connectivity index (χ1v) is 7.80. The lowest BCUT2D eigenvalue weighted by Crippen LogP contribution is -2.25. The molecule has 2 aromatic rings. The SMILES string of the molecule is Cc1c(C(=O)Nc2cccc(C(C)C(=O)O)c2)cnn1C(C)(C)C. The minimum absolute atomic E-state index is 0.209. The molecule has 0 saturated carbocycles. The van der Waals surface area contributed by atoms with Crippen molar-refractivity contribution in [1.29, 1.82) is 0 Å². The zero-order valence-corrected chi connectivity index (χ0v) is 14.6. The zero-order chi connectivity index (χ0) is 18.1. The van der Waals surface area contributed by atoms with Crippen molar-refractivity contribution in [2.24, 2.45) is 0 Å². The summed E-state index contributed by atoms with van der Waals surface area (Å²) in [5, 5.41) is 16.2. The lowest BCUT2D eigenvalue weighted by molar-refractivity contribution is -0.138. The Bertz CT molecular complexity index is 772. The number of carbonyl (C=O) groups excluding carboxylic acids is 1. The topological polar surface area (TPSA) is 84.2 Å². The second-order valence-electron chi connectivity index (χ2n) is 6.87. The molecule has 6 heteroatoms. The van der Waals surface area contributed by atoms with Gasteiger partial charge in [0.1, 0.15) is 0 Å². The van der Waals surface area contributed by atoms with Crippen molar-refractivity contribution < 1.29 is 14.7 Å². The molecule has 2 rings (SSSR count). The summed E-state index contributed by atoms with van der Waals surface area (Å²) in [5.41, 5.74) is 2.28. The van der Waals surface area contributed by atoms with Crippen molar-refractivity contribution in [2.75, 3.05) is 5.32 Å². The van der Waals surface area contributed by atoms with Crippen LogP contribution in [0.1, 0.15) is 55.2 Å². The third-order valence-electron chi connectivity index (χ3n) is 3.90. The second-order valence-corrected chi connectivity index (χ2v) is 6.87. The van der Waals surface area contributed by atoms with Gasteiger partial charge in [0.05, 0.1) is 23.2 Å². The number of hydrogen-bond acceptors (Lipinski definition) is 3. The summed E-state index contributed by atoms with van der Waals surface area (Å²) >= 11 is 0. The molecule has 6 nitrogen and oxygen atoms in total. The maximum absolute atomic E-state index is 12.5. The van der Waals surface area contributed by atoms with E-state index in [-0.39, 0.29) is 11.4 Å². The van der Waals surface area contributed by atoms with Gasteiger partial charge in [0, 0.05) is 11.4 Å². The number of aromatic nitrogens is 2. The van der Waals surface area contributed by atoms with Gasteiger partial charge in [-0.05, 0) is 52.3 Å². The van der Waals surface area contributed by atoms with Crippen molar-refractivity contribution in [3.05, 3.63) is 47.3 Å². The molecule has 0 bridgehead atoms.